The third kappa shape index (κ3) is 1.56. The van der Waals surface area contributed by atoms with E-state index in [1.54, 1.807) is 0 Å². The van der Waals surface area contributed by atoms with Crippen LogP contribution in [0.15, 0.2) is 18.2 Å². The number of hydrazine groups is 1. The van der Waals surface area contributed by atoms with Crippen molar-refractivity contribution in [1.29, 1.82) is 0 Å². The van der Waals surface area contributed by atoms with Crippen molar-refractivity contribution in [2.24, 2.45) is 23.7 Å². The lowest BCUT2D eigenvalue weighted by Gasteiger charge is -2.60. The zero-order valence-electron chi connectivity index (χ0n) is 13.3. The van der Waals surface area contributed by atoms with Gasteiger partial charge in [-0.1, -0.05) is 0 Å². The molecule has 1 amide bonds. The number of halogens is 2. The van der Waals surface area contributed by atoms with Gasteiger partial charge in [0.15, 0.2) is 0 Å². The normalized spacial score (nSPS) is 39.5. The number of anilines is 1. The van der Waals surface area contributed by atoms with E-state index in [0.29, 0.717) is 17.5 Å². The Bertz CT molecular complexity index is 683. The molecule has 0 radical (unpaired) electrons. The molecule has 4 saturated carbocycles. The van der Waals surface area contributed by atoms with Gasteiger partial charge in [0.1, 0.15) is 17.2 Å². The molecule has 5 fully saturated rings. The van der Waals surface area contributed by atoms with Crippen LogP contribution in [0.2, 0.25) is 0 Å². The summed E-state index contributed by atoms with van der Waals surface area (Å²) < 4.78 is 27.3. The van der Waals surface area contributed by atoms with Crippen molar-refractivity contribution >= 4 is 11.6 Å². The molecular formula is C18H20F2N2O. The number of nitrogens with zero attached hydrogens (tertiary/aromatic N) is 2. The summed E-state index contributed by atoms with van der Waals surface area (Å²) in [6.07, 6.45) is 3.75. The topological polar surface area (TPSA) is 23.6 Å². The second-order valence-electron chi connectivity index (χ2n) is 8.19. The number of hydrogen-bond donors (Lipinski definition) is 0. The predicted molar refractivity (Wildman–Crippen MR) is 81.4 cm³/mol. The number of benzene rings is 1. The van der Waals surface area contributed by atoms with Gasteiger partial charge in [0.2, 0.25) is 0 Å². The number of rotatable bonds is 2. The minimum Gasteiger partial charge on any atom is -0.270 e. The molecule has 1 heterocycles. The van der Waals surface area contributed by atoms with Crippen molar-refractivity contribution in [3.8, 4) is 0 Å². The maximum Gasteiger partial charge on any atom is 0.268 e. The fourth-order valence-corrected chi connectivity index (χ4v) is 5.95. The van der Waals surface area contributed by atoms with Gasteiger partial charge in [-0.15, -0.1) is 0 Å². The Morgan fingerprint density at radius 3 is 2.09 bits per heavy atom. The van der Waals surface area contributed by atoms with Crippen LogP contribution in [0.25, 0.3) is 0 Å². The summed E-state index contributed by atoms with van der Waals surface area (Å²) >= 11 is 0. The average molecular weight is 318 g/mol. The van der Waals surface area contributed by atoms with Gasteiger partial charge in [0, 0.05) is 6.07 Å². The van der Waals surface area contributed by atoms with Crippen LogP contribution in [0.3, 0.4) is 0 Å². The lowest BCUT2D eigenvalue weighted by atomic mass is 9.88. The van der Waals surface area contributed by atoms with Crippen LogP contribution in [0.4, 0.5) is 14.5 Å². The van der Waals surface area contributed by atoms with Gasteiger partial charge in [-0.3, -0.25) is 9.80 Å². The minimum atomic E-state index is -0.744. The van der Waals surface area contributed by atoms with E-state index in [1.165, 1.54) is 31.4 Å². The van der Waals surface area contributed by atoms with E-state index in [4.69, 9.17) is 0 Å². The molecule has 4 bridgehead atoms. The molecule has 4 unspecified atom stereocenters. The first kappa shape index (κ1) is 13.8. The fraction of sp³-hybridized carbons (Fsp3) is 0.611. The maximum atomic E-state index is 13.7. The zero-order chi connectivity index (χ0) is 16.1. The summed E-state index contributed by atoms with van der Waals surface area (Å²) in [6.45, 7) is 3.65. The first-order valence-electron chi connectivity index (χ1n) is 8.48. The monoisotopic (exact) mass is 318 g/mol. The van der Waals surface area contributed by atoms with Crippen molar-refractivity contribution in [3.63, 3.8) is 0 Å². The lowest BCUT2D eigenvalue weighted by Crippen LogP contribution is -2.78. The van der Waals surface area contributed by atoms with Crippen molar-refractivity contribution in [2.75, 3.05) is 5.01 Å². The maximum absolute atomic E-state index is 13.7. The second-order valence-corrected chi connectivity index (χ2v) is 8.19. The Morgan fingerprint density at radius 2 is 1.57 bits per heavy atom. The van der Waals surface area contributed by atoms with Gasteiger partial charge in [0.25, 0.3) is 5.91 Å². The zero-order valence-corrected chi connectivity index (χ0v) is 13.3. The van der Waals surface area contributed by atoms with Gasteiger partial charge in [-0.25, -0.2) is 13.8 Å². The highest BCUT2D eigenvalue weighted by atomic mass is 19.1. The highest BCUT2D eigenvalue weighted by molar-refractivity contribution is 5.98. The van der Waals surface area contributed by atoms with Crippen LogP contribution in [0.1, 0.15) is 33.1 Å². The van der Waals surface area contributed by atoms with Crippen LogP contribution >= 0.6 is 0 Å². The summed E-state index contributed by atoms with van der Waals surface area (Å²) in [5.74, 6) is 1.51. The van der Waals surface area contributed by atoms with E-state index >= 15 is 0 Å². The van der Waals surface area contributed by atoms with Crippen LogP contribution in [-0.2, 0) is 4.79 Å². The van der Waals surface area contributed by atoms with Crippen LogP contribution in [0, 0.1) is 35.3 Å². The molecule has 122 valence electrons. The van der Waals surface area contributed by atoms with Crippen LogP contribution in [0.5, 0.6) is 0 Å². The quantitative estimate of drug-likeness (QED) is 0.835. The second kappa shape index (κ2) is 4.05. The fourth-order valence-electron chi connectivity index (χ4n) is 5.95. The molecule has 0 spiro atoms. The molecule has 1 aromatic rings. The predicted octanol–water partition coefficient (Wildman–Crippen LogP) is 3.35. The molecule has 23 heavy (non-hydrogen) atoms. The molecule has 4 aliphatic carbocycles. The highest BCUT2D eigenvalue weighted by Gasteiger charge is 2.67. The summed E-state index contributed by atoms with van der Waals surface area (Å²) in [4.78, 5) is 12.8. The molecule has 0 N–H and O–H groups in total. The number of carbonyl (C=O) groups is 1. The molecule has 5 heteroatoms. The summed E-state index contributed by atoms with van der Waals surface area (Å²) in [5.41, 5.74) is -0.306. The third-order valence-corrected chi connectivity index (χ3v) is 6.69. The number of carbonyl (C=O) groups excluding carboxylic acids is 1. The van der Waals surface area contributed by atoms with Crippen LogP contribution < -0.4 is 5.01 Å². The van der Waals surface area contributed by atoms with Gasteiger partial charge >= 0.3 is 0 Å². The Kier molecular flexibility index (Phi) is 2.43. The minimum absolute atomic E-state index is 0.0744. The third-order valence-electron chi connectivity index (χ3n) is 6.69. The van der Waals surface area contributed by atoms with E-state index in [2.05, 4.69) is 0 Å². The molecule has 6 rings (SSSR count). The highest BCUT2D eigenvalue weighted by Crippen LogP contribution is 2.65. The Morgan fingerprint density at radius 1 is 1.00 bits per heavy atom. The largest absolute Gasteiger partial charge is 0.270 e. The molecular weight excluding hydrogens is 298 g/mol. The molecule has 1 saturated heterocycles. The summed E-state index contributed by atoms with van der Waals surface area (Å²) in [6, 6.07) is 3.74. The first-order chi connectivity index (χ1) is 10.9. The summed E-state index contributed by atoms with van der Waals surface area (Å²) in [5, 5.41) is 3.64. The molecule has 1 aromatic carbocycles. The molecule has 4 atom stereocenters. The van der Waals surface area contributed by atoms with Gasteiger partial charge in [-0.2, -0.15) is 0 Å². The van der Waals surface area contributed by atoms with Crippen LogP contribution in [-0.4, -0.2) is 22.5 Å². The smallest absolute Gasteiger partial charge is 0.268 e. The van der Waals surface area contributed by atoms with Crippen molar-refractivity contribution in [2.45, 2.75) is 44.7 Å². The lowest BCUT2D eigenvalue weighted by molar-refractivity contribution is -0.158. The number of amides is 1. The van der Waals surface area contributed by atoms with Crippen molar-refractivity contribution in [3.05, 3.63) is 29.8 Å². The van der Waals surface area contributed by atoms with E-state index in [9.17, 15) is 13.6 Å². The van der Waals surface area contributed by atoms with Gasteiger partial charge < -0.3 is 0 Å². The Hall–Kier alpha value is -1.65. The van der Waals surface area contributed by atoms with Crippen molar-refractivity contribution in [1.82, 2.24) is 5.01 Å². The van der Waals surface area contributed by atoms with E-state index < -0.39 is 17.2 Å². The van der Waals surface area contributed by atoms with Gasteiger partial charge in [-0.05, 0) is 68.9 Å². The Labute approximate surface area is 134 Å². The molecule has 5 aliphatic rings. The number of hydrogen-bond acceptors (Lipinski definition) is 2. The van der Waals surface area contributed by atoms with Gasteiger partial charge in [0.05, 0.1) is 11.7 Å². The molecule has 3 nitrogen and oxygen atoms in total. The SMILES string of the molecule is CC1(C)C(=O)N(C2C3CC4CC3CC42)N1c1cc(F)cc(F)c1. The average Bonchev–Trinajstić information content (AvgIpc) is 3.18. The van der Waals surface area contributed by atoms with E-state index in [-0.39, 0.29) is 11.9 Å². The first-order valence-corrected chi connectivity index (χ1v) is 8.48. The molecule has 1 aliphatic heterocycles. The Balaban J connectivity index is 1.55. The molecule has 0 aromatic heterocycles. The van der Waals surface area contributed by atoms with E-state index in [0.717, 1.165) is 17.9 Å². The van der Waals surface area contributed by atoms with Crippen molar-refractivity contribution < 1.29 is 13.6 Å². The van der Waals surface area contributed by atoms with E-state index in [1.807, 2.05) is 23.9 Å². The summed E-state index contributed by atoms with van der Waals surface area (Å²) in [7, 11) is 0. The standard InChI is InChI=1S/C18H20F2N2O/c1-18(2)17(23)21(16-14-4-9-3-10(14)5-15(9)16)22(18)13-7-11(19)6-12(20)8-13/h6-10,14-16H,3-5H2,1-2H3.